The van der Waals surface area contributed by atoms with Gasteiger partial charge in [-0.05, 0) is 31.6 Å². The van der Waals surface area contributed by atoms with Gasteiger partial charge in [-0.2, -0.15) is 0 Å². The number of hydrogen-bond donors (Lipinski definition) is 2. The fourth-order valence-electron chi connectivity index (χ4n) is 1.82. The highest BCUT2D eigenvalue weighted by Gasteiger charge is 2.27. The van der Waals surface area contributed by atoms with Crippen molar-refractivity contribution in [2.45, 2.75) is 44.7 Å². The predicted octanol–water partition coefficient (Wildman–Crippen LogP) is 0.653. The van der Waals surface area contributed by atoms with E-state index in [0.29, 0.717) is 18.6 Å². The summed E-state index contributed by atoms with van der Waals surface area (Å²) >= 11 is 0. The molecular formula is C10H18N2O. The van der Waals surface area contributed by atoms with Gasteiger partial charge in [0.05, 0.1) is 6.54 Å². The number of carbonyl (C=O) groups excluding carboxylic acids is 1. The summed E-state index contributed by atoms with van der Waals surface area (Å²) in [5.41, 5.74) is 0. The molecule has 3 nitrogen and oxygen atoms in total. The zero-order valence-corrected chi connectivity index (χ0v) is 8.18. The van der Waals surface area contributed by atoms with E-state index in [-0.39, 0.29) is 5.91 Å². The summed E-state index contributed by atoms with van der Waals surface area (Å²) in [7, 11) is 0. The second kappa shape index (κ2) is 3.66. The molecule has 0 aromatic heterocycles. The number of nitrogens with one attached hydrogen (secondary N) is 2. The molecule has 0 atom stereocenters. The number of carbonyl (C=O) groups is 1. The minimum atomic E-state index is 0.170. The lowest BCUT2D eigenvalue weighted by Gasteiger charge is -2.33. The van der Waals surface area contributed by atoms with E-state index in [9.17, 15) is 4.79 Å². The van der Waals surface area contributed by atoms with Crippen molar-refractivity contribution in [1.82, 2.24) is 10.6 Å². The Morgan fingerprint density at radius 2 is 2.00 bits per heavy atom. The molecule has 0 aromatic carbocycles. The smallest absolute Gasteiger partial charge is 0.234 e. The van der Waals surface area contributed by atoms with Gasteiger partial charge in [0.25, 0.3) is 0 Å². The van der Waals surface area contributed by atoms with Crippen LogP contribution in [-0.4, -0.2) is 24.5 Å². The molecule has 0 aliphatic heterocycles. The maximum atomic E-state index is 11.3. The fourth-order valence-corrected chi connectivity index (χ4v) is 1.82. The quantitative estimate of drug-likeness (QED) is 0.670. The lowest BCUT2D eigenvalue weighted by Crippen LogP contribution is -2.46. The van der Waals surface area contributed by atoms with E-state index < -0.39 is 0 Å². The summed E-state index contributed by atoms with van der Waals surface area (Å²) in [5, 5.41) is 6.24. The highest BCUT2D eigenvalue weighted by atomic mass is 16.2. The van der Waals surface area contributed by atoms with E-state index in [1.54, 1.807) is 0 Å². The third-order valence-corrected chi connectivity index (χ3v) is 2.87. The molecule has 13 heavy (non-hydrogen) atoms. The van der Waals surface area contributed by atoms with Crippen LogP contribution < -0.4 is 10.6 Å². The highest BCUT2D eigenvalue weighted by molar-refractivity contribution is 5.78. The van der Waals surface area contributed by atoms with Crippen LogP contribution in [0.5, 0.6) is 0 Å². The third kappa shape index (κ3) is 2.69. The monoisotopic (exact) mass is 182 g/mol. The van der Waals surface area contributed by atoms with Crippen molar-refractivity contribution in [2.75, 3.05) is 6.54 Å². The van der Waals surface area contributed by atoms with Crippen LogP contribution in [0.2, 0.25) is 0 Å². The lowest BCUT2D eigenvalue weighted by molar-refractivity contribution is -0.121. The first-order valence-electron chi connectivity index (χ1n) is 5.27. The van der Waals surface area contributed by atoms with Crippen LogP contribution in [0, 0.1) is 5.92 Å². The first-order valence-corrected chi connectivity index (χ1v) is 5.27. The molecule has 0 bridgehead atoms. The molecule has 0 heterocycles. The molecule has 2 N–H and O–H groups in total. The molecular weight excluding hydrogens is 164 g/mol. The van der Waals surface area contributed by atoms with Crippen LogP contribution in [0.1, 0.15) is 32.6 Å². The van der Waals surface area contributed by atoms with Crippen LogP contribution in [0.15, 0.2) is 0 Å². The minimum Gasteiger partial charge on any atom is -0.352 e. The number of hydrogen-bond acceptors (Lipinski definition) is 2. The molecule has 0 aromatic rings. The van der Waals surface area contributed by atoms with E-state index in [4.69, 9.17) is 0 Å². The van der Waals surface area contributed by atoms with E-state index in [0.717, 1.165) is 18.8 Å². The van der Waals surface area contributed by atoms with E-state index >= 15 is 0 Å². The van der Waals surface area contributed by atoms with Crippen molar-refractivity contribution in [3.05, 3.63) is 0 Å². The van der Waals surface area contributed by atoms with E-state index in [2.05, 4.69) is 17.6 Å². The highest BCUT2D eigenvalue weighted by Crippen LogP contribution is 2.26. The van der Waals surface area contributed by atoms with Gasteiger partial charge in [0.2, 0.25) is 5.91 Å². The minimum absolute atomic E-state index is 0.170. The normalized spacial score (nSPS) is 32.4. The van der Waals surface area contributed by atoms with Gasteiger partial charge >= 0.3 is 0 Å². The van der Waals surface area contributed by atoms with Crippen LogP contribution in [-0.2, 0) is 4.79 Å². The van der Waals surface area contributed by atoms with Crippen molar-refractivity contribution in [3.8, 4) is 0 Å². The SMILES string of the molecule is CC1CC(NC(=O)CNC2CC2)C1. The second-order valence-corrected chi connectivity index (χ2v) is 4.50. The summed E-state index contributed by atoms with van der Waals surface area (Å²) in [6, 6.07) is 1.09. The molecule has 0 spiro atoms. The topological polar surface area (TPSA) is 41.1 Å². The van der Waals surface area contributed by atoms with Crippen molar-refractivity contribution in [2.24, 2.45) is 5.92 Å². The van der Waals surface area contributed by atoms with Gasteiger partial charge in [-0.15, -0.1) is 0 Å². The number of rotatable bonds is 4. The molecule has 2 saturated carbocycles. The molecule has 74 valence electrons. The Morgan fingerprint density at radius 3 is 2.54 bits per heavy atom. The first-order chi connectivity index (χ1) is 6.24. The Labute approximate surface area is 79.3 Å². The van der Waals surface area contributed by atoms with Crippen LogP contribution in [0.4, 0.5) is 0 Å². The average molecular weight is 182 g/mol. The van der Waals surface area contributed by atoms with Crippen LogP contribution in [0.3, 0.4) is 0 Å². The van der Waals surface area contributed by atoms with Gasteiger partial charge in [0, 0.05) is 12.1 Å². The van der Waals surface area contributed by atoms with Crippen LogP contribution >= 0.6 is 0 Å². The third-order valence-electron chi connectivity index (χ3n) is 2.87. The van der Waals surface area contributed by atoms with Gasteiger partial charge in [-0.3, -0.25) is 4.79 Å². The molecule has 0 saturated heterocycles. The summed E-state index contributed by atoms with van der Waals surface area (Å²) in [5.74, 6) is 0.977. The van der Waals surface area contributed by atoms with Gasteiger partial charge in [0.1, 0.15) is 0 Å². The second-order valence-electron chi connectivity index (χ2n) is 4.50. The van der Waals surface area contributed by atoms with Crippen molar-refractivity contribution in [3.63, 3.8) is 0 Å². The van der Waals surface area contributed by atoms with Gasteiger partial charge in [0.15, 0.2) is 0 Å². The lowest BCUT2D eigenvalue weighted by atomic mass is 9.82. The number of amides is 1. The standard InChI is InChI=1S/C10H18N2O/c1-7-4-9(5-7)12-10(13)6-11-8-2-3-8/h7-9,11H,2-6H2,1H3,(H,12,13). The fraction of sp³-hybridized carbons (Fsp3) is 0.900. The molecule has 0 unspecified atom stereocenters. The van der Waals surface area contributed by atoms with E-state index in [1.165, 1.54) is 12.8 Å². The van der Waals surface area contributed by atoms with Crippen molar-refractivity contribution >= 4 is 5.91 Å². The van der Waals surface area contributed by atoms with Crippen LogP contribution in [0.25, 0.3) is 0 Å². The summed E-state index contributed by atoms with van der Waals surface area (Å²) in [6.07, 6.45) is 4.81. The maximum Gasteiger partial charge on any atom is 0.234 e. The Kier molecular flexibility index (Phi) is 2.54. The molecule has 1 amide bonds. The average Bonchev–Trinajstić information content (AvgIpc) is 2.81. The van der Waals surface area contributed by atoms with Crippen molar-refractivity contribution in [1.29, 1.82) is 0 Å². The Bertz CT molecular complexity index is 195. The van der Waals surface area contributed by atoms with E-state index in [1.807, 2.05) is 0 Å². The molecule has 2 aliphatic carbocycles. The molecule has 2 rings (SSSR count). The summed E-state index contributed by atoms with van der Waals surface area (Å²) in [4.78, 5) is 11.3. The molecule has 0 radical (unpaired) electrons. The Morgan fingerprint density at radius 1 is 1.31 bits per heavy atom. The zero-order chi connectivity index (χ0) is 9.26. The zero-order valence-electron chi connectivity index (χ0n) is 8.18. The molecule has 3 heteroatoms. The van der Waals surface area contributed by atoms with Gasteiger partial charge in [-0.1, -0.05) is 6.92 Å². The Hall–Kier alpha value is -0.570. The summed E-state index contributed by atoms with van der Waals surface area (Å²) in [6.45, 7) is 2.74. The summed E-state index contributed by atoms with van der Waals surface area (Å²) < 4.78 is 0. The van der Waals surface area contributed by atoms with Gasteiger partial charge in [-0.25, -0.2) is 0 Å². The first kappa shape index (κ1) is 9.00. The molecule has 2 fully saturated rings. The largest absolute Gasteiger partial charge is 0.352 e. The van der Waals surface area contributed by atoms with Crippen molar-refractivity contribution < 1.29 is 4.79 Å². The molecule has 2 aliphatic rings. The van der Waals surface area contributed by atoms with Gasteiger partial charge < -0.3 is 10.6 Å². The maximum absolute atomic E-state index is 11.3. The predicted molar refractivity (Wildman–Crippen MR) is 51.4 cm³/mol. The Balaban J connectivity index is 1.55.